The molecule has 1 aromatic rings. The third-order valence-electron chi connectivity index (χ3n) is 5.19. The highest BCUT2D eigenvalue weighted by molar-refractivity contribution is 5.33. The molecular weight excluding hydrogens is 246 g/mol. The van der Waals surface area contributed by atoms with E-state index in [2.05, 4.69) is 29.9 Å². The third kappa shape index (κ3) is 3.02. The molecule has 0 amide bonds. The molecule has 1 aromatic heterocycles. The van der Waals surface area contributed by atoms with Crippen LogP contribution < -0.4 is 5.32 Å². The van der Waals surface area contributed by atoms with Gasteiger partial charge in [-0.2, -0.15) is 0 Å². The Balaban J connectivity index is 1.78. The Kier molecular flexibility index (Phi) is 4.04. The minimum absolute atomic E-state index is 0.252. The number of imidazole rings is 1. The number of aryl methyl sites for hydroxylation is 1. The summed E-state index contributed by atoms with van der Waals surface area (Å²) in [6.07, 6.45) is 15.7. The molecule has 2 aliphatic carbocycles. The van der Waals surface area contributed by atoms with E-state index in [0.29, 0.717) is 6.04 Å². The standard InChI is InChI=1S/C17H29N3/c1-14-13-20(15-9-5-3-6-10-15)16(18-14)19-17(2)11-7-4-8-12-17/h13,15H,3-12H2,1-2H3,(H,18,19). The van der Waals surface area contributed by atoms with Crippen molar-refractivity contribution in [1.29, 1.82) is 0 Å². The van der Waals surface area contributed by atoms with Gasteiger partial charge in [0, 0.05) is 17.8 Å². The van der Waals surface area contributed by atoms with E-state index in [1.807, 2.05) is 0 Å². The summed E-state index contributed by atoms with van der Waals surface area (Å²) in [6.45, 7) is 4.50. The van der Waals surface area contributed by atoms with Crippen molar-refractivity contribution >= 4 is 5.95 Å². The van der Waals surface area contributed by atoms with Crippen molar-refractivity contribution in [3.63, 3.8) is 0 Å². The molecule has 2 aliphatic rings. The lowest BCUT2D eigenvalue weighted by atomic mass is 9.83. The summed E-state index contributed by atoms with van der Waals surface area (Å²) in [7, 11) is 0. The largest absolute Gasteiger partial charge is 0.350 e. The second-order valence-electron chi connectivity index (χ2n) is 7.15. The second-order valence-corrected chi connectivity index (χ2v) is 7.15. The number of nitrogens with one attached hydrogen (secondary N) is 1. The molecule has 1 heterocycles. The molecule has 0 saturated heterocycles. The number of nitrogens with zero attached hydrogens (tertiary/aromatic N) is 2. The van der Waals surface area contributed by atoms with Gasteiger partial charge in [0.05, 0.1) is 5.69 Å². The lowest BCUT2D eigenvalue weighted by molar-refractivity contribution is 0.332. The molecule has 3 heteroatoms. The lowest BCUT2D eigenvalue weighted by Gasteiger charge is -2.36. The van der Waals surface area contributed by atoms with Crippen molar-refractivity contribution in [3.8, 4) is 0 Å². The van der Waals surface area contributed by atoms with Crippen molar-refractivity contribution in [1.82, 2.24) is 9.55 Å². The summed E-state index contributed by atoms with van der Waals surface area (Å²) in [5.74, 6) is 1.12. The number of hydrogen-bond donors (Lipinski definition) is 1. The van der Waals surface area contributed by atoms with Crippen LogP contribution in [0, 0.1) is 6.92 Å². The van der Waals surface area contributed by atoms with E-state index < -0.39 is 0 Å². The summed E-state index contributed by atoms with van der Waals surface area (Å²) in [5, 5.41) is 3.80. The van der Waals surface area contributed by atoms with Crippen molar-refractivity contribution in [2.75, 3.05) is 5.32 Å². The van der Waals surface area contributed by atoms with Crippen molar-refractivity contribution in [3.05, 3.63) is 11.9 Å². The van der Waals surface area contributed by atoms with Gasteiger partial charge in [-0.1, -0.05) is 38.5 Å². The highest BCUT2D eigenvalue weighted by Gasteiger charge is 2.29. The van der Waals surface area contributed by atoms with Gasteiger partial charge in [0.15, 0.2) is 0 Å². The van der Waals surface area contributed by atoms with Crippen molar-refractivity contribution in [2.45, 2.75) is 89.6 Å². The summed E-state index contributed by atoms with van der Waals surface area (Å²) < 4.78 is 2.44. The van der Waals surface area contributed by atoms with Gasteiger partial charge in [-0.15, -0.1) is 0 Å². The van der Waals surface area contributed by atoms with Crippen LogP contribution in [0.25, 0.3) is 0 Å². The Morgan fingerprint density at radius 3 is 2.45 bits per heavy atom. The minimum Gasteiger partial charge on any atom is -0.350 e. The zero-order chi connectivity index (χ0) is 14.0. The zero-order valence-electron chi connectivity index (χ0n) is 13.1. The van der Waals surface area contributed by atoms with Crippen LogP contribution >= 0.6 is 0 Å². The SMILES string of the molecule is Cc1cn(C2CCCCC2)c(NC2(C)CCCCC2)n1. The van der Waals surface area contributed by atoms with E-state index in [4.69, 9.17) is 4.98 Å². The van der Waals surface area contributed by atoms with Crippen LogP contribution in [0.4, 0.5) is 5.95 Å². The maximum atomic E-state index is 4.78. The fourth-order valence-corrected chi connectivity index (χ4v) is 3.97. The Morgan fingerprint density at radius 1 is 1.10 bits per heavy atom. The molecule has 0 aliphatic heterocycles. The van der Waals surface area contributed by atoms with Gasteiger partial charge in [0.1, 0.15) is 0 Å². The van der Waals surface area contributed by atoms with E-state index in [0.717, 1.165) is 11.6 Å². The van der Waals surface area contributed by atoms with E-state index in [9.17, 15) is 0 Å². The third-order valence-corrected chi connectivity index (χ3v) is 5.19. The molecule has 1 N–H and O–H groups in total. The first-order valence-electron chi connectivity index (χ1n) is 8.50. The van der Waals surface area contributed by atoms with E-state index in [1.54, 1.807) is 0 Å². The Labute approximate surface area is 123 Å². The topological polar surface area (TPSA) is 29.9 Å². The molecule has 2 saturated carbocycles. The molecule has 0 aromatic carbocycles. The number of hydrogen-bond acceptors (Lipinski definition) is 2. The fraction of sp³-hybridized carbons (Fsp3) is 0.824. The molecule has 2 fully saturated rings. The van der Waals surface area contributed by atoms with Gasteiger partial charge in [0.25, 0.3) is 0 Å². The van der Waals surface area contributed by atoms with Crippen LogP contribution in [0.15, 0.2) is 6.20 Å². The van der Waals surface area contributed by atoms with Crippen molar-refractivity contribution < 1.29 is 0 Å². The fourth-order valence-electron chi connectivity index (χ4n) is 3.97. The van der Waals surface area contributed by atoms with Crippen LogP contribution in [-0.2, 0) is 0 Å². The van der Waals surface area contributed by atoms with E-state index in [1.165, 1.54) is 64.2 Å². The average molecular weight is 275 g/mol. The normalized spacial score (nSPS) is 23.7. The Bertz CT molecular complexity index is 437. The first-order chi connectivity index (χ1) is 9.66. The molecule has 0 unspecified atom stereocenters. The number of rotatable bonds is 3. The Morgan fingerprint density at radius 2 is 1.75 bits per heavy atom. The van der Waals surface area contributed by atoms with Crippen LogP contribution in [-0.4, -0.2) is 15.1 Å². The predicted octanol–water partition coefficient (Wildman–Crippen LogP) is 4.83. The number of aromatic nitrogens is 2. The Hall–Kier alpha value is -0.990. The van der Waals surface area contributed by atoms with E-state index in [-0.39, 0.29) is 5.54 Å². The van der Waals surface area contributed by atoms with Gasteiger partial charge in [-0.3, -0.25) is 0 Å². The maximum Gasteiger partial charge on any atom is 0.203 e. The van der Waals surface area contributed by atoms with Crippen LogP contribution in [0.5, 0.6) is 0 Å². The molecule has 20 heavy (non-hydrogen) atoms. The summed E-state index contributed by atoms with van der Waals surface area (Å²) in [4.78, 5) is 4.78. The van der Waals surface area contributed by atoms with Crippen molar-refractivity contribution in [2.24, 2.45) is 0 Å². The monoisotopic (exact) mass is 275 g/mol. The zero-order valence-corrected chi connectivity index (χ0v) is 13.1. The highest BCUT2D eigenvalue weighted by Crippen LogP contribution is 2.34. The quantitative estimate of drug-likeness (QED) is 0.856. The summed E-state index contributed by atoms with van der Waals surface area (Å²) >= 11 is 0. The lowest BCUT2D eigenvalue weighted by Crippen LogP contribution is -2.38. The van der Waals surface area contributed by atoms with Gasteiger partial charge in [-0.25, -0.2) is 4.98 Å². The van der Waals surface area contributed by atoms with Gasteiger partial charge >= 0.3 is 0 Å². The first kappa shape index (κ1) is 14.0. The summed E-state index contributed by atoms with van der Waals surface area (Å²) in [6, 6.07) is 0.666. The van der Waals surface area contributed by atoms with Gasteiger partial charge < -0.3 is 9.88 Å². The highest BCUT2D eigenvalue weighted by atomic mass is 15.2. The molecule has 3 rings (SSSR count). The summed E-state index contributed by atoms with van der Waals surface area (Å²) in [5.41, 5.74) is 1.40. The molecule has 0 spiro atoms. The van der Waals surface area contributed by atoms with Crippen LogP contribution in [0.1, 0.15) is 82.9 Å². The smallest absolute Gasteiger partial charge is 0.203 e. The molecule has 3 nitrogen and oxygen atoms in total. The second kappa shape index (κ2) is 5.79. The molecule has 112 valence electrons. The predicted molar refractivity (Wildman–Crippen MR) is 84.2 cm³/mol. The van der Waals surface area contributed by atoms with Crippen LogP contribution in [0.2, 0.25) is 0 Å². The number of anilines is 1. The maximum absolute atomic E-state index is 4.78. The first-order valence-corrected chi connectivity index (χ1v) is 8.50. The molecular formula is C17H29N3. The molecule has 0 bridgehead atoms. The molecule has 0 radical (unpaired) electrons. The van der Waals surface area contributed by atoms with E-state index >= 15 is 0 Å². The average Bonchev–Trinajstić information content (AvgIpc) is 2.80. The van der Waals surface area contributed by atoms with Gasteiger partial charge in [0.2, 0.25) is 5.95 Å². The molecule has 0 atom stereocenters. The van der Waals surface area contributed by atoms with Gasteiger partial charge in [-0.05, 0) is 39.5 Å². The minimum atomic E-state index is 0.252. The van der Waals surface area contributed by atoms with Crippen LogP contribution in [0.3, 0.4) is 0 Å².